The zero-order chi connectivity index (χ0) is 15.5. The molecule has 120 valence electrons. The summed E-state index contributed by atoms with van der Waals surface area (Å²) in [6, 6.07) is 8.85. The molecule has 2 fully saturated rings. The number of nitrogens with zero attached hydrogens (tertiary/aromatic N) is 3. The first kappa shape index (κ1) is 15.2. The van der Waals surface area contributed by atoms with Crippen LogP contribution in [-0.2, 0) is 4.79 Å². The number of hydrogen-bond acceptors (Lipinski definition) is 3. The van der Waals surface area contributed by atoms with Gasteiger partial charge in [0.15, 0.2) is 0 Å². The van der Waals surface area contributed by atoms with Crippen molar-refractivity contribution in [2.24, 2.45) is 5.92 Å². The van der Waals surface area contributed by atoms with Crippen LogP contribution in [-0.4, -0.2) is 50.1 Å². The van der Waals surface area contributed by atoms with Crippen LogP contribution >= 0.6 is 0 Å². The molecule has 2 aliphatic rings. The first-order valence-corrected chi connectivity index (χ1v) is 8.61. The highest BCUT2D eigenvalue weighted by atomic mass is 16.2. The number of carbonyl (C=O) groups is 1. The van der Waals surface area contributed by atoms with Gasteiger partial charge in [0.05, 0.1) is 0 Å². The van der Waals surface area contributed by atoms with E-state index in [1.165, 1.54) is 11.4 Å². The van der Waals surface area contributed by atoms with Gasteiger partial charge in [0.25, 0.3) is 0 Å². The molecule has 1 saturated heterocycles. The average molecular weight is 301 g/mol. The summed E-state index contributed by atoms with van der Waals surface area (Å²) in [5.41, 5.74) is 2.56. The third-order valence-electron chi connectivity index (χ3n) is 4.86. The molecule has 1 aromatic rings. The Hall–Kier alpha value is -1.71. The van der Waals surface area contributed by atoms with Gasteiger partial charge in [0.2, 0.25) is 5.91 Å². The lowest BCUT2D eigenvalue weighted by atomic mass is 10.2. The second-order valence-corrected chi connectivity index (χ2v) is 6.28. The lowest BCUT2D eigenvalue weighted by molar-refractivity contribution is -0.132. The third kappa shape index (κ3) is 3.21. The highest BCUT2D eigenvalue weighted by Gasteiger charge is 2.34. The van der Waals surface area contributed by atoms with E-state index < -0.39 is 0 Å². The molecule has 1 aliphatic heterocycles. The SMILES string of the molecule is CCN(CC)c1ccc(N2CCN(C(=O)C3CC3)CC2)cc1. The molecule has 0 atom stereocenters. The predicted molar refractivity (Wildman–Crippen MR) is 91.5 cm³/mol. The van der Waals surface area contributed by atoms with Crippen molar-refractivity contribution >= 4 is 17.3 Å². The molecule has 0 spiro atoms. The van der Waals surface area contributed by atoms with Crippen LogP contribution in [0, 0.1) is 5.92 Å². The van der Waals surface area contributed by atoms with Gasteiger partial charge in [-0.2, -0.15) is 0 Å². The van der Waals surface area contributed by atoms with Crippen molar-refractivity contribution < 1.29 is 4.79 Å². The number of amides is 1. The molecule has 22 heavy (non-hydrogen) atoms. The summed E-state index contributed by atoms with van der Waals surface area (Å²) in [4.78, 5) is 18.9. The van der Waals surface area contributed by atoms with Crippen molar-refractivity contribution in [2.45, 2.75) is 26.7 Å². The molecular weight excluding hydrogens is 274 g/mol. The second kappa shape index (κ2) is 6.59. The topological polar surface area (TPSA) is 26.8 Å². The Bertz CT molecular complexity index is 498. The lowest BCUT2D eigenvalue weighted by Crippen LogP contribution is -2.49. The van der Waals surface area contributed by atoms with Crippen molar-refractivity contribution in [3.8, 4) is 0 Å². The van der Waals surface area contributed by atoms with Crippen molar-refractivity contribution in [1.29, 1.82) is 0 Å². The van der Waals surface area contributed by atoms with Crippen LogP contribution in [0.1, 0.15) is 26.7 Å². The molecular formula is C18H27N3O. The number of anilines is 2. The molecule has 4 nitrogen and oxygen atoms in total. The Labute approximate surface area is 133 Å². The molecule has 0 N–H and O–H groups in total. The van der Waals surface area contributed by atoms with Gasteiger partial charge in [0, 0.05) is 56.6 Å². The standard InChI is InChI=1S/C18H27N3O/c1-3-19(4-2)16-7-9-17(10-8-16)20-11-13-21(14-12-20)18(22)15-5-6-15/h7-10,15H,3-6,11-14H2,1-2H3. The van der Waals surface area contributed by atoms with E-state index in [0.717, 1.165) is 52.1 Å². The van der Waals surface area contributed by atoms with Gasteiger partial charge < -0.3 is 14.7 Å². The average Bonchev–Trinajstić information content (AvgIpc) is 3.41. The number of carbonyl (C=O) groups excluding carboxylic acids is 1. The van der Waals surface area contributed by atoms with E-state index in [4.69, 9.17) is 0 Å². The molecule has 0 unspecified atom stereocenters. The summed E-state index contributed by atoms with van der Waals surface area (Å²) in [5, 5.41) is 0. The third-order valence-corrected chi connectivity index (χ3v) is 4.86. The molecule has 1 saturated carbocycles. The van der Waals surface area contributed by atoms with E-state index in [-0.39, 0.29) is 0 Å². The van der Waals surface area contributed by atoms with E-state index >= 15 is 0 Å². The summed E-state index contributed by atoms with van der Waals surface area (Å²) in [5.74, 6) is 0.733. The number of piperazine rings is 1. The van der Waals surface area contributed by atoms with Gasteiger partial charge in [-0.1, -0.05) is 0 Å². The quantitative estimate of drug-likeness (QED) is 0.836. The van der Waals surface area contributed by atoms with E-state index in [1.54, 1.807) is 0 Å². The summed E-state index contributed by atoms with van der Waals surface area (Å²) in [6.07, 6.45) is 2.21. The van der Waals surface area contributed by atoms with Gasteiger partial charge >= 0.3 is 0 Å². The highest BCUT2D eigenvalue weighted by Crippen LogP contribution is 2.31. The van der Waals surface area contributed by atoms with Crippen molar-refractivity contribution in [1.82, 2.24) is 4.90 Å². The van der Waals surface area contributed by atoms with Crippen LogP contribution in [0.15, 0.2) is 24.3 Å². The molecule has 0 bridgehead atoms. The minimum absolute atomic E-state index is 0.347. The first-order chi connectivity index (χ1) is 10.7. The second-order valence-electron chi connectivity index (χ2n) is 6.28. The fourth-order valence-corrected chi connectivity index (χ4v) is 3.24. The fourth-order valence-electron chi connectivity index (χ4n) is 3.24. The van der Waals surface area contributed by atoms with Gasteiger partial charge in [0.1, 0.15) is 0 Å². The minimum atomic E-state index is 0.347. The van der Waals surface area contributed by atoms with Gasteiger partial charge in [-0.25, -0.2) is 0 Å². The minimum Gasteiger partial charge on any atom is -0.372 e. The van der Waals surface area contributed by atoms with E-state index in [2.05, 4.69) is 52.8 Å². The number of rotatable bonds is 5. The van der Waals surface area contributed by atoms with Crippen LogP contribution in [0.5, 0.6) is 0 Å². The fraction of sp³-hybridized carbons (Fsp3) is 0.611. The normalized spacial score (nSPS) is 18.5. The monoisotopic (exact) mass is 301 g/mol. The largest absolute Gasteiger partial charge is 0.372 e. The summed E-state index contributed by atoms with van der Waals surface area (Å²) < 4.78 is 0. The van der Waals surface area contributed by atoms with Crippen molar-refractivity contribution in [2.75, 3.05) is 49.1 Å². The lowest BCUT2D eigenvalue weighted by Gasteiger charge is -2.36. The van der Waals surface area contributed by atoms with E-state index in [0.29, 0.717) is 11.8 Å². The molecule has 0 aromatic heterocycles. The van der Waals surface area contributed by atoms with Gasteiger partial charge in [-0.3, -0.25) is 4.79 Å². The maximum Gasteiger partial charge on any atom is 0.225 e. The molecule has 1 aliphatic carbocycles. The maximum atomic E-state index is 12.1. The van der Waals surface area contributed by atoms with Crippen LogP contribution in [0.4, 0.5) is 11.4 Å². The Balaban J connectivity index is 1.57. The summed E-state index contributed by atoms with van der Waals surface area (Å²) in [7, 11) is 0. The Morgan fingerprint density at radius 1 is 1.05 bits per heavy atom. The van der Waals surface area contributed by atoms with Crippen molar-refractivity contribution in [3.63, 3.8) is 0 Å². The summed E-state index contributed by atoms with van der Waals surface area (Å²) in [6.45, 7) is 10.1. The van der Waals surface area contributed by atoms with E-state index in [1.807, 2.05) is 0 Å². The summed E-state index contributed by atoms with van der Waals surface area (Å²) >= 11 is 0. The zero-order valence-electron chi connectivity index (χ0n) is 13.8. The maximum absolute atomic E-state index is 12.1. The van der Waals surface area contributed by atoms with Gasteiger partial charge in [-0.05, 0) is 51.0 Å². The zero-order valence-corrected chi connectivity index (χ0v) is 13.8. The van der Waals surface area contributed by atoms with Crippen LogP contribution in [0.25, 0.3) is 0 Å². The van der Waals surface area contributed by atoms with Crippen LogP contribution < -0.4 is 9.80 Å². The van der Waals surface area contributed by atoms with Crippen molar-refractivity contribution in [3.05, 3.63) is 24.3 Å². The Morgan fingerprint density at radius 2 is 1.64 bits per heavy atom. The Kier molecular flexibility index (Phi) is 4.55. The van der Waals surface area contributed by atoms with Crippen LogP contribution in [0.2, 0.25) is 0 Å². The van der Waals surface area contributed by atoms with Gasteiger partial charge in [-0.15, -0.1) is 0 Å². The van der Waals surface area contributed by atoms with E-state index in [9.17, 15) is 4.79 Å². The molecule has 1 heterocycles. The number of hydrogen-bond donors (Lipinski definition) is 0. The Morgan fingerprint density at radius 3 is 2.14 bits per heavy atom. The van der Waals surface area contributed by atoms with Crippen LogP contribution in [0.3, 0.4) is 0 Å². The molecule has 1 amide bonds. The molecule has 1 aromatic carbocycles. The molecule has 4 heteroatoms. The molecule has 3 rings (SSSR count). The highest BCUT2D eigenvalue weighted by molar-refractivity contribution is 5.81. The number of benzene rings is 1. The first-order valence-electron chi connectivity index (χ1n) is 8.61. The smallest absolute Gasteiger partial charge is 0.225 e. The molecule has 0 radical (unpaired) electrons. The predicted octanol–water partition coefficient (Wildman–Crippen LogP) is 2.59.